The molecule has 41 heavy (non-hydrogen) atoms. The summed E-state index contributed by atoms with van der Waals surface area (Å²) in [4.78, 5) is 26.1. The number of amides is 2. The Kier molecular flexibility index (Phi) is 35.3. The molecule has 0 aromatic carbocycles. The predicted molar refractivity (Wildman–Crippen MR) is 179 cm³/mol. The van der Waals surface area contributed by atoms with Gasteiger partial charge in [-0.25, -0.2) is 0 Å². The molecule has 0 saturated heterocycles. The molecule has 0 aliphatic rings. The third kappa shape index (κ3) is 31.3. The number of hydrogen-bond donors (Lipinski definition) is 0. The molecule has 0 fully saturated rings. The van der Waals surface area contributed by atoms with Gasteiger partial charge in [-0.05, 0) is 64.2 Å². The Morgan fingerprint density at radius 3 is 0.951 bits per heavy atom. The first-order chi connectivity index (χ1) is 19.6. The molecule has 0 bridgehead atoms. The third-order valence-corrected chi connectivity index (χ3v) is 8.05. The fourth-order valence-corrected chi connectivity index (χ4v) is 5.17. The van der Waals surface area contributed by atoms with Crippen molar-refractivity contribution >= 4 is 11.8 Å². The van der Waals surface area contributed by atoms with Gasteiger partial charge in [0.25, 0.3) is 0 Å². The van der Waals surface area contributed by atoms with Gasteiger partial charge in [0.05, 0.1) is 0 Å². The quantitative estimate of drug-likeness (QED) is 0.0627. The molecule has 0 aromatic heterocycles. The highest BCUT2D eigenvalue weighted by atomic mass is 19.0. The van der Waals surface area contributed by atoms with Gasteiger partial charge in [-0.1, -0.05) is 141 Å². The summed E-state index contributed by atoms with van der Waals surface area (Å²) in [7, 11) is 1.67. The van der Waals surface area contributed by atoms with Gasteiger partial charge < -0.3 is 0 Å². The lowest BCUT2D eigenvalue weighted by atomic mass is 10.1. The fourth-order valence-electron chi connectivity index (χ4n) is 5.17. The molecule has 242 valence electrons. The Bertz CT molecular complexity index is 564. The standard InChI is InChI=1S/C37H69NO2.FH/c1-4-6-8-10-12-14-16-18-20-22-24-26-28-30-32-34-36(39)38(3)37(40)35-33-31-29-27-25-23-21-19-17-15-13-11-9-7-5-2;/h18-21H,4-17,22-35H2,1-3H3;1H. The predicted octanol–water partition coefficient (Wildman–Crippen LogP) is 12.2. The van der Waals surface area contributed by atoms with Crippen LogP contribution in [0.15, 0.2) is 24.3 Å². The minimum absolute atomic E-state index is 0. The Morgan fingerprint density at radius 1 is 0.415 bits per heavy atom. The topological polar surface area (TPSA) is 37.4 Å². The van der Waals surface area contributed by atoms with Gasteiger partial charge >= 0.3 is 0 Å². The number of carbonyl (C=O) groups is 2. The summed E-state index contributed by atoms with van der Waals surface area (Å²) < 4.78 is 0. The monoisotopic (exact) mass is 580 g/mol. The second-order valence-electron chi connectivity index (χ2n) is 12.0. The maximum atomic E-state index is 12.4. The second-order valence-corrected chi connectivity index (χ2v) is 12.0. The van der Waals surface area contributed by atoms with Crippen LogP contribution in [0.1, 0.15) is 194 Å². The molecule has 0 rings (SSSR count). The van der Waals surface area contributed by atoms with Crippen LogP contribution in [0.4, 0.5) is 4.70 Å². The highest BCUT2D eigenvalue weighted by molar-refractivity contribution is 5.94. The molecule has 0 saturated carbocycles. The number of halogens is 1. The zero-order valence-electron chi connectivity index (χ0n) is 27.8. The first-order valence-corrected chi connectivity index (χ1v) is 17.7. The summed E-state index contributed by atoms with van der Waals surface area (Å²) in [5.41, 5.74) is 0. The van der Waals surface area contributed by atoms with E-state index in [-0.39, 0.29) is 16.5 Å². The third-order valence-electron chi connectivity index (χ3n) is 8.05. The van der Waals surface area contributed by atoms with Crippen LogP contribution in [0.25, 0.3) is 0 Å². The molecule has 0 aliphatic heterocycles. The molecular formula is C37H70FNO2. The lowest BCUT2D eigenvalue weighted by molar-refractivity contribution is -0.143. The van der Waals surface area contributed by atoms with E-state index in [0.29, 0.717) is 12.8 Å². The lowest BCUT2D eigenvalue weighted by Gasteiger charge is -2.15. The maximum absolute atomic E-state index is 12.4. The van der Waals surface area contributed by atoms with Crippen LogP contribution >= 0.6 is 0 Å². The normalized spacial score (nSPS) is 11.4. The number of unbranched alkanes of at least 4 members (excludes halogenated alkanes) is 22. The maximum Gasteiger partial charge on any atom is 0.228 e. The molecule has 0 heterocycles. The van der Waals surface area contributed by atoms with Gasteiger partial charge in [-0.2, -0.15) is 0 Å². The zero-order chi connectivity index (χ0) is 29.4. The number of nitrogens with zero attached hydrogens (tertiary/aromatic N) is 1. The molecule has 0 unspecified atom stereocenters. The van der Waals surface area contributed by atoms with Gasteiger partial charge in [0.15, 0.2) is 0 Å². The average molecular weight is 580 g/mol. The molecule has 0 radical (unpaired) electrons. The van der Waals surface area contributed by atoms with Crippen molar-refractivity contribution in [1.29, 1.82) is 0 Å². The Balaban J connectivity index is 0. The molecular weight excluding hydrogens is 509 g/mol. The van der Waals surface area contributed by atoms with Crippen molar-refractivity contribution in [3.05, 3.63) is 24.3 Å². The lowest BCUT2D eigenvalue weighted by Crippen LogP contribution is -2.32. The number of rotatable bonds is 30. The molecule has 0 N–H and O–H groups in total. The first-order valence-electron chi connectivity index (χ1n) is 17.7. The van der Waals surface area contributed by atoms with Crippen molar-refractivity contribution in [3.63, 3.8) is 0 Å². The van der Waals surface area contributed by atoms with E-state index >= 15 is 0 Å². The number of carbonyl (C=O) groups excluding carboxylic acids is 2. The Labute approximate surface area is 255 Å². The molecule has 0 spiro atoms. The SMILES string of the molecule is CCCCCCCCC=CCCCCCCCC(=O)N(C)C(=O)CCCCCCCC=CCCCCCCCC.F. The first kappa shape index (κ1) is 41.7. The van der Waals surface area contributed by atoms with Crippen LogP contribution in [0.5, 0.6) is 0 Å². The molecule has 4 heteroatoms. The van der Waals surface area contributed by atoms with Crippen molar-refractivity contribution in [3.8, 4) is 0 Å². The molecule has 2 amide bonds. The Hall–Kier alpha value is -1.45. The molecule has 0 aliphatic carbocycles. The largest absolute Gasteiger partial charge is 0.286 e. The minimum Gasteiger partial charge on any atom is -0.286 e. The summed E-state index contributed by atoms with van der Waals surface area (Å²) in [5.74, 6) is -0.00857. The summed E-state index contributed by atoms with van der Waals surface area (Å²) >= 11 is 0. The fraction of sp³-hybridized carbons (Fsp3) is 0.838. The van der Waals surface area contributed by atoms with Gasteiger partial charge in [-0.15, -0.1) is 0 Å². The van der Waals surface area contributed by atoms with Crippen LogP contribution in [-0.2, 0) is 9.59 Å². The van der Waals surface area contributed by atoms with E-state index in [1.165, 1.54) is 146 Å². The van der Waals surface area contributed by atoms with Crippen molar-refractivity contribution in [1.82, 2.24) is 4.90 Å². The van der Waals surface area contributed by atoms with E-state index in [1.54, 1.807) is 7.05 Å². The second kappa shape index (κ2) is 34.7. The number of hydrogen-bond acceptors (Lipinski definition) is 2. The summed E-state index contributed by atoms with van der Waals surface area (Å²) in [5, 5.41) is 0. The van der Waals surface area contributed by atoms with E-state index in [0.717, 1.165) is 25.7 Å². The van der Waals surface area contributed by atoms with E-state index in [2.05, 4.69) is 38.2 Å². The van der Waals surface area contributed by atoms with Gasteiger partial charge in [0.2, 0.25) is 11.8 Å². The van der Waals surface area contributed by atoms with Crippen LogP contribution in [0, 0.1) is 0 Å². The van der Waals surface area contributed by atoms with Gasteiger partial charge in [-0.3, -0.25) is 19.2 Å². The van der Waals surface area contributed by atoms with E-state index < -0.39 is 0 Å². The van der Waals surface area contributed by atoms with Crippen molar-refractivity contribution in [2.24, 2.45) is 0 Å². The Morgan fingerprint density at radius 2 is 0.659 bits per heavy atom. The molecule has 3 nitrogen and oxygen atoms in total. The van der Waals surface area contributed by atoms with Gasteiger partial charge in [0.1, 0.15) is 0 Å². The molecule has 0 aromatic rings. The summed E-state index contributed by atoms with van der Waals surface area (Å²) in [6, 6.07) is 0. The highest BCUT2D eigenvalue weighted by Gasteiger charge is 2.15. The molecule has 0 atom stereocenters. The van der Waals surface area contributed by atoms with E-state index in [9.17, 15) is 9.59 Å². The van der Waals surface area contributed by atoms with Crippen molar-refractivity contribution in [2.75, 3.05) is 7.05 Å². The summed E-state index contributed by atoms with van der Waals surface area (Å²) in [6.07, 6.45) is 43.0. The minimum atomic E-state index is -0.00428. The zero-order valence-corrected chi connectivity index (χ0v) is 27.8. The van der Waals surface area contributed by atoms with Crippen molar-refractivity contribution < 1.29 is 14.3 Å². The van der Waals surface area contributed by atoms with E-state index in [1.807, 2.05) is 0 Å². The smallest absolute Gasteiger partial charge is 0.228 e. The van der Waals surface area contributed by atoms with Crippen LogP contribution in [0.2, 0.25) is 0 Å². The van der Waals surface area contributed by atoms with Crippen molar-refractivity contribution in [2.45, 2.75) is 194 Å². The summed E-state index contributed by atoms with van der Waals surface area (Å²) in [6.45, 7) is 4.54. The van der Waals surface area contributed by atoms with Gasteiger partial charge in [0, 0.05) is 19.9 Å². The highest BCUT2D eigenvalue weighted by Crippen LogP contribution is 2.13. The number of allylic oxidation sites excluding steroid dienone is 4. The van der Waals surface area contributed by atoms with Crippen LogP contribution in [-0.4, -0.2) is 23.8 Å². The average Bonchev–Trinajstić information content (AvgIpc) is 2.96. The van der Waals surface area contributed by atoms with Crippen LogP contribution in [0.3, 0.4) is 0 Å². The van der Waals surface area contributed by atoms with E-state index in [4.69, 9.17) is 0 Å². The van der Waals surface area contributed by atoms with Crippen LogP contribution < -0.4 is 0 Å². The number of imide groups is 1.